The van der Waals surface area contributed by atoms with Gasteiger partial charge in [-0.25, -0.2) is 8.42 Å². The standard InChI is InChI=1S/C27H28F3N5O3S/c1-17(15-31)34-11-8-20(9-12-34)32-26(36)18-2-7-24-22(14-18)23-16-35(13-10-25(23)33-24)39(37,38)21-5-3-19(4-6-21)27(28,29)30/h2-7,14,17,20,33H,8-13,16H2,1H3,(H,32,36). The Balaban J connectivity index is 1.32. The summed E-state index contributed by atoms with van der Waals surface area (Å²) in [5.41, 5.74) is 1.96. The number of nitrogens with one attached hydrogen (secondary N) is 2. The number of nitrogens with zero attached hydrogens (tertiary/aromatic N) is 3. The number of fused-ring (bicyclic) bond motifs is 3. The first kappa shape index (κ1) is 27.2. The molecule has 0 saturated carbocycles. The van der Waals surface area contributed by atoms with E-state index in [9.17, 15) is 26.4 Å². The molecule has 1 amide bonds. The summed E-state index contributed by atoms with van der Waals surface area (Å²) in [5.74, 6) is -0.219. The number of alkyl halides is 3. The number of aromatic amines is 1. The van der Waals surface area contributed by atoms with Gasteiger partial charge in [0.1, 0.15) is 0 Å². The molecule has 0 bridgehead atoms. The molecule has 12 heteroatoms. The molecule has 39 heavy (non-hydrogen) atoms. The van der Waals surface area contributed by atoms with Crippen LogP contribution in [-0.2, 0) is 29.2 Å². The van der Waals surface area contributed by atoms with Crippen molar-refractivity contribution in [1.82, 2.24) is 19.5 Å². The van der Waals surface area contributed by atoms with Crippen molar-refractivity contribution in [2.45, 2.75) is 55.9 Å². The number of amides is 1. The van der Waals surface area contributed by atoms with Crippen LogP contribution < -0.4 is 5.32 Å². The highest BCUT2D eigenvalue weighted by atomic mass is 32.2. The Morgan fingerprint density at radius 2 is 1.82 bits per heavy atom. The Bertz CT molecular complexity index is 1540. The molecule has 1 atom stereocenters. The Hall–Kier alpha value is -3.40. The monoisotopic (exact) mass is 559 g/mol. The topological polar surface area (TPSA) is 109 Å². The van der Waals surface area contributed by atoms with Crippen LogP contribution in [0.2, 0.25) is 0 Å². The molecule has 1 aromatic heterocycles. The van der Waals surface area contributed by atoms with Gasteiger partial charge in [-0.05, 0) is 67.8 Å². The summed E-state index contributed by atoms with van der Waals surface area (Å²) in [6, 6.07) is 10.9. The molecule has 0 spiro atoms. The number of nitriles is 1. The van der Waals surface area contributed by atoms with Crippen LogP contribution in [0.4, 0.5) is 13.2 Å². The highest BCUT2D eigenvalue weighted by molar-refractivity contribution is 7.89. The highest BCUT2D eigenvalue weighted by Gasteiger charge is 2.33. The summed E-state index contributed by atoms with van der Waals surface area (Å²) < 4.78 is 66.5. The first-order valence-electron chi connectivity index (χ1n) is 12.7. The van der Waals surface area contributed by atoms with Gasteiger partial charge in [-0.15, -0.1) is 0 Å². The van der Waals surface area contributed by atoms with E-state index >= 15 is 0 Å². The van der Waals surface area contributed by atoms with Crippen molar-refractivity contribution < 1.29 is 26.4 Å². The molecule has 8 nitrogen and oxygen atoms in total. The van der Waals surface area contributed by atoms with E-state index in [2.05, 4.69) is 21.3 Å². The SMILES string of the molecule is CC(C#N)N1CCC(NC(=O)c2ccc3[nH]c4c(c3c2)CN(S(=O)(=O)c2ccc(C(F)(F)F)cc2)CC4)CC1. The van der Waals surface area contributed by atoms with Gasteiger partial charge in [-0.2, -0.15) is 22.7 Å². The summed E-state index contributed by atoms with van der Waals surface area (Å²) >= 11 is 0. The smallest absolute Gasteiger partial charge is 0.358 e. The van der Waals surface area contributed by atoms with E-state index in [1.54, 1.807) is 18.2 Å². The van der Waals surface area contributed by atoms with Crippen LogP contribution >= 0.6 is 0 Å². The average molecular weight is 560 g/mol. The van der Waals surface area contributed by atoms with Crippen LogP contribution in [0.15, 0.2) is 47.4 Å². The number of aromatic nitrogens is 1. The number of carbonyl (C=O) groups excluding carboxylic acids is 1. The van der Waals surface area contributed by atoms with Gasteiger partial charge in [-0.1, -0.05) is 0 Å². The molecular formula is C27H28F3N5O3S. The van der Waals surface area contributed by atoms with Gasteiger partial charge < -0.3 is 10.3 Å². The van der Waals surface area contributed by atoms with Crippen molar-refractivity contribution in [3.05, 3.63) is 64.8 Å². The molecule has 1 fully saturated rings. The zero-order valence-electron chi connectivity index (χ0n) is 21.3. The lowest BCUT2D eigenvalue weighted by atomic mass is 10.0. The lowest BCUT2D eigenvalue weighted by Crippen LogP contribution is -2.47. The molecular weight excluding hydrogens is 531 g/mol. The fraction of sp³-hybridized carbons (Fsp3) is 0.407. The van der Waals surface area contributed by atoms with E-state index in [1.807, 2.05) is 6.92 Å². The minimum atomic E-state index is -4.55. The van der Waals surface area contributed by atoms with Gasteiger partial charge in [0.05, 0.1) is 22.6 Å². The third kappa shape index (κ3) is 5.39. The van der Waals surface area contributed by atoms with Crippen molar-refractivity contribution in [1.29, 1.82) is 5.26 Å². The largest absolute Gasteiger partial charge is 0.416 e. The van der Waals surface area contributed by atoms with E-state index in [-0.39, 0.29) is 36.0 Å². The number of sulfonamides is 1. The maximum absolute atomic E-state index is 13.2. The number of piperidine rings is 1. The van der Waals surface area contributed by atoms with Gasteiger partial charge in [0.15, 0.2) is 0 Å². The number of hydrogen-bond donors (Lipinski definition) is 2. The molecule has 1 saturated heterocycles. The Morgan fingerprint density at radius 3 is 2.46 bits per heavy atom. The average Bonchev–Trinajstić information content (AvgIpc) is 3.30. The number of benzene rings is 2. The number of hydrogen-bond acceptors (Lipinski definition) is 5. The Kier molecular flexibility index (Phi) is 7.17. The van der Waals surface area contributed by atoms with Crippen LogP contribution in [-0.4, -0.2) is 60.2 Å². The summed E-state index contributed by atoms with van der Waals surface area (Å²) in [6.07, 6.45) is -2.65. The molecule has 5 rings (SSSR count). The summed E-state index contributed by atoms with van der Waals surface area (Å²) in [7, 11) is -4.02. The maximum Gasteiger partial charge on any atom is 0.416 e. The summed E-state index contributed by atoms with van der Waals surface area (Å²) in [6.45, 7) is 3.54. The van der Waals surface area contributed by atoms with E-state index in [1.165, 1.54) is 4.31 Å². The number of rotatable bonds is 5. The van der Waals surface area contributed by atoms with Crippen molar-refractivity contribution in [2.24, 2.45) is 0 Å². The molecule has 0 radical (unpaired) electrons. The predicted molar refractivity (Wildman–Crippen MR) is 138 cm³/mol. The van der Waals surface area contributed by atoms with E-state index < -0.39 is 21.8 Å². The third-order valence-corrected chi connectivity index (χ3v) is 9.48. The zero-order chi connectivity index (χ0) is 27.9. The Labute approximate surface area is 224 Å². The molecule has 2 aliphatic rings. The lowest BCUT2D eigenvalue weighted by Gasteiger charge is -2.33. The zero-order valence-corrected chi connectivity index (χ0v) is 22.1. The molecule has 2 aromatic carbocycles. The fourth-order valence-corrected chi connectivity index (χ4v) is 6.69. The van der Waals surface area contributed by atoms with Crippen LogP contribution in [0, 0.1) is 11.3 Å². The molecule has 3 heterocycles. The lowest BCUT2D eigenvalue weighted by molar-refractivity contribution is -0.137. The van der Waals surface area contributed by atoms with Gasteiger partial charge in [-0.3, -0.25) is 9.69 Å². The van der Waals surface area contributed by atoms with Crippen LogP contribution in [0.3, 0.4) is 0 Å². The summed E-state index contributed by atoms with van der Waals surface area (Å²) in [5, 5.41) is 12.9. The minimum Gasteiger partial charge on any atom is -0.358 e. The van der Waals surface area contributed by atoms with Crippen molar-refractivity contribution in [3.8, 4) is 6.07 Å². The van der Waals surface area contributed by atoms with Crippen molar-refractivity contribution in [3.63, 3.8) is 0 Å². The molecule has 1 unspecified atom stereocenters. The van der Waals surface area contributed by atoms with Crippen molar-refractivity contribution >= 4 is 26.8 Å². The van der Waals surface area contributed by atoms with Crippen LogP contribution in [0.25, 0.3) is 10.9 Å². The minimum absolute atomic E-state index is 0.000141. The molecule has 0 aliphatic carbocycles. The quantitative estimate of drug-likeness (QED) is 0.491. The van der Waals surface area contributed by atoms with Gasteiger partial charge in [0.2, 0.25) is 10.0 Å². The predicted octanol–water partition coefficient (Wildman–Crippen LogP) is 4.04. The maximum atomic E-state index is 13.2. The second-order valence-electron chi connectivity index (χ2n) is 10.0. The highest BCUT2D eigenvalue weighted by Crippen LogP contribution is 2.33. The molecule has 2 N–H and O–H groups in total. The van der Waals surface area contributed by atoms with Gasteiger partial charge in [0, 0.05) is 60.8 Å². The van der Waals surface area contributed by atoms with E-state index in [0.29, 0.717) is 12.0 Å². The third-order valence-electron chi connectivity index (χ3n) is 7.62. The Morgan fingerprint density at radius 1 is 1.13 bits per heavy atom. The fourth-order valence-electron chi connectivity index (χ4n) is 5.28. The number of carbonyl (C=O) groups is 1. The second-order valence-corrected chi connectivity index (χ2v) is 12.0. The first-order valence-corrected chi connectivity index (χ1v) is 14.2. The van der Waals surface area contributed by atoms with Crippen LogP contribution in [0.1, 0.15) is 46.9 Å². The number of likely N-dealkylation sites (tertiary alicyclic amines) is 1. The van der Waals surface area contributed by atoms with Crippen LogP contribution in [0.5, 0.6) is 0 Å². The van der Waals surface area contributed by atoms with Gasteiger partial charge >= 0.3 is 6.18 Å². The van der Waals surface area contributed by atoms with Crippen molar-refractivity contribution in [2.75, 3.05) is 19.6 Å². The normalized spacial score (nSPS) is 18.4. The second kappa shape index (κ2) is 10.3. The molecule has 3 aromatic rings. The van der Waals surface area contributed by atoms with Gasteiger partial charge in [0.25, 0.3) is 5.91 Å². The molecule has 2 aliphatic heterocycles. The molecule has 206 valence electrons. The number of H-pyrrole nitrogens is 1. The number of halogens is 3. The first-order chi connectivity index (χ1) is 18.5. The van der Waals surface area contributed by atoms with E-state index in [0.717, 1.165) is 72.4 Å². The van der Waals surface area contributed by atoms with E-state index in [4.69, 9.17) is 5.26 Å². The summed E-state index contributed by atoms with van der Waals surface area (Å²) in [4.78, 5) is 18.3.